The van der Waals surface area contributed by atoms with Gasteiger partial charge in [-0.2, -0.15) is 0 Å². The number of nitrogen functional groups attached to an aromatic ring is 1. The van der Waals surface area contributed by atoms with Crippen LogP contribution in [0.4, 0.5) is 10.5 Å². The number of nitrogens with one attached hydrogen (secondary N) is 1. The Kier molecular flexibility index (Phi) is 4.42. The topological polar surface area (TPSA) is 84.6 Å². The lowest BCUT2D eigenvalue weighted by Gasteiger charge is -2.19. The summed E-state index contributed by atoms with van der Waals surface area (Å²) in [6.07, 6.45) is 0.193. The molecule has 1 amide bonds. The van der Waals surface area contributed by atoms with E-state index in [0.29, 0.717) is 18.7 Å². The Bertz CT molecular complexity index is 425. The van der Waals surface area contributed by atoms with Crippen molar-refractivity contribution < 1.29 is 14.6 Å². The lowest BCUT2D eigenvalue weighted by atomic mass is 10.1. The van der Waals surface area contributed by atoms with Crippen LogP contribution in [0.15, 0.2) is 18.2 Å². The molecule has 0 spiro atoms. The van der Waals surface area contributed by atoms with Gasteiger partial charge in [-0.15, -0.1) is 0 Å². The van der Waals surface area contributed by atoms with Gasteiger partial charge >= 0.3 is 6.09 Å². The van der Waals surface area contributed by atoms with Crippen molar-refractivity contribution in [3.05, 3.63) is 23.8 Å². The molecule has 0 aliphatic rings. The van der Waals surface area contributed by atoms with E-state index in [2.05, 4.69) is 5.32 Å². The van der Waals surface area contributed by atoms with Gasteiger partial charge in [0.1, 0.15) is 11.4 Å². The van der Waals surface area contributed by atoms with Gasteiger partial charge in [-0.3, -0.25) is 0 Å². The van der Waals surface area contributed by atoms with Crippen LogP contribution in [-0.2, 0) is 11.2 Å². The SMILES string of the molecule is CC(C)(C)OC(=O)NCCc1ccc(O)c(N)c1. The van der Waals surface area contributed by atoms with Gasteiger partial charge in [-0.25, -0.2) is 4.79 Å². The van der Waals surface area contributed by atoms with Crippen LogP contribution in [-0.4, -0.2) is 23.3 Å². The van der Waals surface area contributed by atoms with E-state index in [1.54, 1.807) is 12.1 Å². The second-order valence-electron chi connectivity index (χ2n) is 5.07. The van der Waals surface area contributed by atoms with Crippen molar-refractivity contribution in [2.75, 3.05) is 12.3 Å². The summed E-state index contributed by atoms with van der Waals surface area (Å²) in [4.78, 5) is 11.4. The third-order valence-corrected chi connectivity index (χ3v) is 2.17. The van der Waals surface area contributed by atoms with Crippen LogP contribution < -0.4 is 11.1 Å². The molecule has 1 rings (SSSR count). The molecule has 0 heterocycles. The molecular formula is C13H20N2O3. The predicted octanol–water partition coefficient (Wildman–Crippen LogP) is 2.04. The number of alkyl carbamates (subject to hydrolysis) is 1. The number of rotatable bonds is 3. The maximum Gasteiger partial charge on any atom is 0.407 e. The third-order valence-electron chi connectivity index (χ3n) is 2.17. The molecule has 0 fully saturated rings. The number of benzene rings is 1. The highest BCUT2D eigenvalue weighted by molar-refractivity contribution is 5.67. The molecule has 0 aliphatic carbocycles. The molecule has 1 aromatic rings. The second kappa shape index (κ2) is 5.62. The van der Waals surface area contributed by atoms with Crippen LogP contribution >= 0.6 is 0 Å². The van der Waals surface area contributed by atoms with E-state index < -0.39 is 11.7 Å². The van der Waals surface area contributed by atoms with Gasteiger partial charge < -0.3 is 20.9 Å². The minimum atomic E-state index is -0.493. The average molecular weight is 252 g/mol. The lowest BCUT2D eigenvalue weighted by molar-refractivity contribution is 0.0528. The highest BCUT2D eigenvalue weighted by Crippen LogP contribution is 2.20. The Morgan fingerprint density at radius 3 is 2.67 bits per heavy atom. The molecule has 18 heavy (non-hydrogen) atoms. The molecule has 1 aromatic carbocycles. The fraction of sp³-hybridized carbons (Fsp3) is 0.462. The minimum absolute atomic E-state index is 0.0684. The van der Waals surface area contributed by atoms with Gasteiger partial charge in [0.2, 0.25) is 0 Å². The Balaban J connectivity index is 2.38. The first-order valence-corrected chi connectivity index (χ1v) is 5.82. The second-order valence-corrected chi connectivity index (χ2v) is 5.07. The van der Waals surface area contributed by atoms with Gasteiger partial charge in [0.25, 0.3) is 0 Å². The van der Waals surface area contributed by atoms with Crippen molar-refractivity contribution >= 4 is 11.8 Å². The van der Waals surface area contributed by atoms with E-state index >= 15 is 0 Å². The summed E-state index contributed by atoms with van der Waals surface area (Å²) in [5, 5.41) is 11.9. The number of carbonyl (C=O) groups is 1. The number of phenols is 1. The third kappa shape index (κ3) is 4.95. The largest absolute Gasteiger partial charge is 0.506 e. The number of phenolic OH excluding ortho intramolecular Hbond substituents is 1. The Morgan fingerprint density at radius 2 is 2.11 bits per heavy atom. The molecule has 0 saturated heterocycles. The van der Waals surface area contributed by atoms with E-state index in [1.165, 1.54) is 6.07 Å². The van der Waals surface area contributed by atoms with Crippen molar-refractivity contribution in [3.63, 3.8) is 0 Å². The average Bonchev–Trinajstić information content (AvgIpc) is 2.20. The molecule has 0 atom stereocenters. The Labute approximate surface area is 107 Å². The standard InChI is InChI=1S/C13H20N2O3/c1-13(2,3)18-12(17)15-7-6-9-4-5-11(16)10(14)8-9/h4-5,8,16H,6-7,14H2,1-3H3,(H,15,17). The zero-order chi connectivity index (χ0) is 13.8. The van der Waals surface area contributed by atoms with Crippen LogP contribution in [0.2, 0.25) is 0 Å². The smallest absolute Gasteiger partial charge is 0.407 e. The summed E-state index contributed by atoms with van der Waals surface area (Å²) in [7, 11) is 0. The van der Waals surface area contributed by atoms with Crippen molar-refractivity contribution in [1.29, 1.82) is 0 Å². The molecule has 0 unspecified atom stereocenters. The lowest BCUT2D eigenvalue weighted by Crippen LogP contribution is -2.33. The van der Waals surface area contributed by atoms with E-state index in [4.69, 9.17) is 10.5 Å². The minimum Gasteiger partial charge on any atom is -0.506 e. The van der Waals surface area contributed by atoms with Crippen molar-refractivity contribution in [2.24, 2.45) is 0 Å². The van der Waals surface area contributed by atoms with Crippen molar-refractivity contribution in [3.8, 4) is 5.75 Å². The number of ether oxygens (including phenoxy) is 1. The summed E-state index contributed by atoms with van der Waals surface area (Å²) < 4.78 is 5.10. The molecule has 0 radical (unpaired) electrons. The van der Waals surface area contributed by atoms with Gasteiger partial charge in [0.15, 0.2) is 0 Å². The highest BCUT2D eigenvalue weighted by atomic mass is 16.6. The van der Waals surface area contributed by atoms with Gasteiger partial charge in [0.05, 0.1) is 5.69 Å². The molecule has 0 aromatic heterocycles. The molecule has 5 nitrogen and oxygen atoms in total. The quantitative estimate of drug-likeness (QED) is 0.567. The molecule has 5 heteroatoms. The number of amides is 1. The van der Waals surface area contributed by atoms with E-state index in [1.807, 2.05) is 20.8 Å². The number of anilines is 1. The zero-order valence-corrected chi connectivity index (χ0v) is 11.0. The van der Waals surface area contributed by atoms with E-state index in [-0.39, 0.29) is 5.75 Å². The maximum atomic E-state index is 11.4. The Hall–Kier alpha value is -1.91. The highest BCUT2D eigenvalue weighted by Gasteiger charge is 2.15. The van der Waals surface area contributed by atoms with E-state index in [9.17, 15) is 9.90 Å². The van der Waals surface area contributed by atoms with Crippen LogP contribution in [0, 0.1) is 0 Å². The zero-order valence-electron chi connectivity index (χ0n) is 11.0. The van der Waals surface area contributed by atoms with Gasteiger partial charge in [0, 0.05) is 6.54 Å². The van der Waals surface area contributed by atoms with Crippen LogP contribution in [0.25, 0.3) is 0 Å². The van der Waals surface area contributed by atoms with Crippen molar-refractivity contribution in [2.45, 2.75) is 32.8 Å². The molecule has 4 N–H and O–H groups in total. The number of nitrogens with two attached hydrogens (primary N) is 1. The Morgan fingerprint density at radius 1 is 1.44 bits per heavy atom. The first kappa shape index (κ1) is 14.2. The van der Waals surface area contributed by atoms with E-state index in [0.717, 1.165) is 5.56 Å². The summed E-state index contributed by atoms with van der Waals surface area (Å²) in [6.45, 7) is 5.90. The van der Waals surface area contributed by atoms with Crippen LogP contribution in [0.1, 0.15) is 26.3 Å². The predicted molar refractivity (Wildman–Crippen MR) is 70.5 cm³/mol. The molecule has 0 aliphatic heterocycles. The number of hydrogen-bond acceptors (Lipinski definition) is 4. The fourth-order valence-electron chi connectivity index (χ4n) is 1.38. The van der Waals surface area contributed by atoms with Gasteiger partial charge in [-0.1, -0.05) is 6.07 Å². The first-order chi connectivity index (χ1) is 8.28. The fourth-order valence-corrected chi connectivity index (χ4v) is 1.38. The molecule has 0 bridgehead atoms. The normalized spacial score (nSPS) is 11.1. The number of hydrogen-bond donors (Lipinski definition) is 3. The monoisotopic (exact) mass is 252 g/mol. The maximum absolute atomic E-state index is 11.4. The van der Waals surface area contributed by atoms with Crippen LogP contribution in [0.5, 0.6) is 5.75 Å². The summed E-state index contributed by atoms with van der Waals surface area (Å²) in [5.41, 5.74) is 6.36. The summed E-state index contributed by atoms with van der Waals surface area (Å²) >= 11 is 0. The summed E-state index contributed by atoms with van der Waals surface area (Å²) in [5.74, 6) is 0.0684. The summed E-state index contributed by atoms with van der Waals surface area (Å²) in [6, 6.07) is 4.99. The number of aromatic hydroxyl groups is 1. The van der Waals surface area contributed by atoms with Gasteiger partial charge in [-0.05, 0) is 44.9 Å². The van der Waals surface area contributed by atoms with Crippen molar-refractivity contribution in [1.82, 2.24) is 5.32 Å². The first-order valence-electron chi connectivity index (χ1n) is 5.82. The molecule has 100 valence electrons. The molecular weight excluding hydrogens is 232 g/mol. The number of carbonyl (C=O) groups excluding carboxylic acids is 1. The molecule has 0 saturated carbocycles. The van der Waals surface area contributed by atoms with Crippen LogP contribution in [0.3, 0.4) is 0 Å².